The minimum absolute atomic E-state index is 0.404. The highest BCUT2D eigenvalue weighted by Crippen LogP contribution is 2.32. The van der Waals surface area contributed by atoms with Crippen molar-refractivity contribution in [3.05, 3.63) is 57.3 Å². The fraction of sp³-hybridized carbons (Fsp3) is 0.118. The molecule has 6 nitrogen and oxygen atoms in total. The van der Waals surface area contributed by atoms with E-state index in [2.05, 4.69) is 31.2 Å². The maximum Gasteiger partial charge on any atom is 0.216 e. The molecule has 1 N–H and O–H groups in total. The number of nitrogens with zero attached hydrogens (tertiary/aromatic N) is 3. The Bertz CT molecular complexity index is 967. The van der Waals surface area contributed by atoms with E-state index in [1.165, 1.54) is 0 Å². The molecule has 0 radical (unpaired) electrons. The molecule has 0 aliphatic carbocycles. The number of hydrogen-bond acceptors (Lipinski definition) is 5. The molecule has 25 heavy (non-hydrogen) atoms. The maximum atomic E-state index is 5.41. The smallest absolute Gasteiger partial charge is 0.216 e. The first-order chi connectivity index (χ1) is 12.1. The fourth-order valence-electron chi connectivity index (χ4n) is 2.28. The van der Waals surface area contributed by atoms with Crippen molar-refractivity contribution in [2.45, 2.75) is 0 Å². The van der Waals surface area contributed by atoms with E-state index in [9.17, 15) is 0 Å². The van der Waals surface area contributed by atoms with Crippen molar-refractivity contribution in [3.63, 3.8) is 0 Å². The number of benzene rings is 2. The molecule has 0 fully saturated rings. The Morgan fingerprint density at radius 1 is 1.16 bits per heavy atom. The average Bonchev–Trinajstić information content (AvgIpc) is 3.01. The number of H-pyrrole nitrogens is 1. The Morgan fingerprint density at radius 2 is 1.88 bits per heavy atom. The van der Waals surface area contributed by atoms with Crippen molar-refractivity contribution < 1.29 is 9.47 Å². The lowest BCUT2D eigenvalue weighted by Crippen LogP contribution is -1.97. The van der Waals surface area contributed by atoms with Crippen LogP contribution in [-0.4, -0.2) is 35.3 Å². The van der Waals surface area contributed by atoms with Crippen LogP contribution in [0.5, 0.6) is 11.5 Å². The lowest BCUT2D eigenvalue weighted by molar-refractivity contribution is 0.392. The Labute approximate surface area is 158 Å². The molecular weight excluding hydrogens is 404 g/mol. The highest BCUT2D eigenvalue weighted by atomic mass is 79.9. The summed E-state index contributed by atoms with van der Waals surface area (Å²) in [5, 5.41) is 11.5. The lowest BCUT2D eigenvalue weighted by Gasteiger charge is -2.09. The van der Waals surface area contributed by atoms with Crippen molar-refractivity contribution in [1.29, 1.82) is 0 Å². The van der Waals surface area contributed by atoms with Gasteiger partial charge in [-0.2, -0.15) is 14.9 Å². The monoisotopic (exact) mass is 418 g/mol. The quantitative estimate of drug-likeness (QED) is 0.496. The number of aromatic nitrogens is 3. The summed E-state index contributed by atoms with van der Waals surface area (Å²) in [6.07, 6.45) is 1.67. The highest BCUT2D eigenvalue weighted by Gasteiger charge is 2.10. The summed E-state index contributed by atoms with van der Waals surface area (Å²) >= 11 is 8.75. The normalized spacial score (nSPS) is 11.0. The second kappa shape index (κ2) is 7.62. The van der Waals surface area contributed by atoms with Gasteiger partial charge in [0.2, 0.25) is 4.77 Å². The molecule has 0 spiro atoms. The largest absolute Gasteiger partial charge is 0.496 e. The second-order valence-electron chi connectivity index (χ2n) is 5.00. The van der Waals surface area contributed by atoms with Crippen molar-refractivity contribution in [2.24, 2.45) is 5.10 Å². The zero-order valence-corrected chi connectivity index (χ0v) is 16.0. The molecular formula is C17H15BrN4O2S. The van der Waals surface area contributed by atoms with Crippen LogP contribution in [0.1, 0.15) is 5.56 Å². The summed E-state index contributed by atoms with van der Waals surface area (Å²) in [6.45, 7) is 0. The maximum absolute atomic E-state index is 5.41. The molecule has 1 aromatic heterocycles. The van der Waals surface area contributed by atoms with E-state index in [0.717, 1.165) is 15.6 Å². The number of methoxy groups -OCH3 is 2. The molecule has 0 saturated heterocycles. The molecule has 0 bridgehead atoms. The van der Waals surface area contributed by atoms with Crippen molar-refractivity contribution in [1.82, 2.24) is 14.9 Å². The van der Waals surface area contributed by atoms with E-state index in [1.807, 2.05) is 36.4 Å². The second-order valence-corrected chi connectivity index (χ2v) is 6.24. The SMILES string of the molecule is COc1cc(OC)c(/C=N\n2c(-c3ccccc3)n[nH]c2=S)cc1Br. The van der Waals surface area contributed by atoms with E-state index in [0.29, 0.717) is 22.1 Å². The van der Waals surface area contributed by atoms with Gasteiger partial charge in [0.1, 0.15) is 11.5 Å². The van der Waals surface area contributed by atoms with Gasteiger partial charge in [0.05, 0.1) is 24.9 Å². The number of rotatable bonds is 5. The summed E-state index contributed by atoms with van der Waals surface area (Å²) in [5.41, 5.74) is 1.69. The molecule has 2 aromatic carbocycles. The molecule has 0 saturated carbocycles. The molecule has 128 valence electrons. The van der Waals surface area contributed by atoms with Crippen molar-refractivity contribution in [3.8, 4) is 22.9 Å². The summed E-state index contributed by atoms with van der Waals surface area (Å²) in [4.78, 5) is 0. The summed E-state index contributed by atoms with van der Waals surface area (Å²) in [6, 6.07) is 13.4. The number of aromatic amines is 1. The summed E-state index contributed by atoms with van der Waals surface area (Å²) in [7, 11) is 3.20. The fourth-order valence-corrected chi connectivity index (χ4v) is 2.98. The van der Waals surface area contributed by atoms with E-state index in [1.54, 1.807) is 31.2 Å². The third-order valence-electron chi connectivity index (χ3n) is 3.50. The third-order valence-corrected chi connectivity index (χ3v) is 4.38. The van der Waals surface area contributed by atoms with Gasteiger partial charge < -0.3 is 9.47 Å². The van der Waals surface area contributed by atoms with Crippen LogP contribution in [0.2, 0.25) is 0 Å². The van der Waals surface area contributed by atoms with Crippen molar-refractivity contribution >= 4 is 34.4 Å². The Kier molecular flexibility index (Phi) is 5.30. The zero-order chi connectivity index (χ0) is 17.8. The topological polar surface area (TPSA) is 64.4 Å². The van der Waals surface area contributed by atoms with Gasteiger partial charge in [-0.3, -0.25) is 0 Å². The summed E-state index contributed by atoms with van der Waals surface area (Å²) < 4.78 is 13.5. The predicted molar refractivity (Wildman–Crippen MR) is 103 cm³/mol. The van der Waals surface area contributed by atoms with Crippen LogP contribution in [-0.2, 0) is 0 Å². The zero-order valence-electron chi connectivity index (χ0n) is 13.6. The van der Waals surface area contributed by atoms with E-state index < -0.39 is 0 Å². The van der Waals surface area contributed by atoms with Gasteiger partial charge in [0.15, 0.2) is 5.82 Å². The Morgan fingerprint density at radius 3 is 2.56 bits per heavy atom. The van der Waals surface area contributed by atoms with Gasteiger partial charge >= 0.3 is 0 Å². The van der Waals surface area contributed by atoms with Crippen LogP contribution < -0.4 is 9.47 Å². The first kappa shape index (κ1) is 17.4. The van der Waals surface area contributed by atoms with Gasteiger partial charge in [0, 0.05) is 17.2 Å². The van der Waals surface area contributed by atoms with Crippen molar-refractivity contribution in [2.75, 3.05) is 14.2 Å². The van der Waals surface area contributed by atoms with Crippen LogP contribution in [0, 0.1) is 4.77 Å². The number of ether oxygens (including phenoxy) is 2. The first-order valence-corrected chi connectivity index (χ1v) is 8.53. The predicted octanol–water partition coefficient (Wildman–Crippen LogP) is 4.27. The van der Waals surface area contributed by atoms with E-state index in [4.69, 9.17) is 21.7 Å². The van der Waals surface area contributed by atoms with Crippen LogP contribution >= 0.6 is 28.1 Å². The minimum atomic E-state index is 0.404. The van der Waals surface area contributed by atoms with Crippen LogP contribution in [0.25, 0.3) is 11.4 Å². The van der Waals surface area contributed by atoms with Crippen LogP contribution in [0.3, 0.4) is 0 Å². The van der Waals surface area contributed by atoms with Crippen LogP contribution in [0.4, 0.5) is 0 Å². The number of nitrogens with one attached hydrogen (secondary N) is 1. The standard InChI is InChI=1S/C17H15BrN4O2S/c1-23-14-9-15(24-2)13(18)8-12(14)10-19-22-16(20-21-17(22)25)11-6-4-3-5-7-11/h3-10H,1-2H3,(H,21,25)/b19-10-. The highest BCUT2D eigenvalue weighted by molar-refractivity contribution is 9.10. The molecule has 1 heterocycles. The minimum Gasteiger partial charge on any atom is -0.496 e. The molecule has 3 aromatic rings. The molecule has 8 heteroatoms. The molecule has 0 atom stereocenters. The molecule has 0 amide bonds. The van der Waals surface area contributed by atoms with E-state index in [-0.39, 0.29) is 0 Å². The van der Waals surface area contributed by atoms with Gasteiger partial charge in [0.25, 0.3) is 0 Å². The third kappa shape index (κ3) is 3.64. The number of hydrogen-bond donors (Lipinski definition) is 1. The molecule has 3 rings (SSSR count). The van der Waals surface area contributed by atoms with Gasteiger partial charge in [-0.05, 0) is 34.2 Å². The van der Waals surface area contributed by atoms with Crippen LogP contribution in [0.15, 0.2) is 52.0 Å². The van der Waals surface area contributed by atoms with Gasteiger partial charge in [-0.25, -0.2) is 5.10 Å². The number of halogens is 1. The van der Waals surface area contributed by atoms with Gasteiger partial charge in [-0.1, -0.05) is 30.3 Å². The Hall–Kier alpha value is -2.45. The van der Waals surface area contributed by atoms with E-state index >= 15 is 0 Å². The molecule has 0 aliphatic rings. The summed E-state index contributed by atoms with van der Waals surface area (Å²) in [5.74, 6) is 1.95. The Balaban J connectivity index is 2.03. The first-order valence-electron chi connectivity index (χ1n) is 7.32. The average molecular weight is 419 g/mol. The molecule has 0 aliphatic heterocycles. The lowest BCUT2D eigenvalue weighted by atomic mass is 10.2. The van der Waals surface area contributed by atoms with Gasteiger partial charge in [-0.15, -0.1) is 0 Å². The molecule has 0 unspecified atom stereocenters.